The smallest absolute Gasteiger partial charge is 0.132 e. The fraction of sp³-hybridized carbons (Fsp3) is 0.571. The van der Waals surface area contributed by atoms with E-state index in [1.165, 1.54) is 0 Å². The van der Waals surface area contributed by atoms with Crippen molar-refractivity contribution in [1.29, 1.82) is 0 Å². The Bertz CT molecular complexity index is 443. The number of aliphatic hydroxyl groups is 1. The third kappa shape index (κ3) is 1.97. The molecule has 2 unspecified atom stereocenters. The Morgan fingerprint density at radius 1 is 1.33 bits per heavy atom. The van der Waals surface area contributed by atoms with E-state index in [1.54, 1.807) is 26.0 Å². The maximum atomic E-state index is 9.69. The van der Waals surface area contributed by atoms with E-state index in [2.05, 4.69) is 6.92 Å². The number of methoxy groups -OCH3 is 2. The third-order valence-electron chi connectivity index (χ3n) is 3.98. The number of rotatable bonds is 5. The Hall–Kier alpha value is -0.870. The Morgan fingerprint density at radius 3 is 2.33 bits per heavy atom. The zero-order valence-corrected chi connectivity index (χ0v) is 12.1. The lowest BCUT2D eigenvalue weighted by Gasteiger charge is -2.20. The monoisotopic (exact) mass is 268 g/mol. The second-order valence-corrected chi connectivity index (χ2v) is 5.67. The molecular weight excluding hydrogens is 248 g/mol. The molecule has 0 radical (unpaired) electrons. The highest BCUT2D eigenvalue weighted by atomic mass is 32.2. The summed E-state index contributed by atoms with van der Waals surface area (Å²) in [7, 11) is 3.35. The summed E-state index contributed by atoms with van der Waals surface area (Å²) >= 11 is 1.63. The van der Waals surface area contributed by atoms with Gasteiger partial charge in [0.2, 0.25) is 0 Å². The van der Waals surface area contributed by atoms with Crippen LogP contribution in [0, 0.1) is 5.92 Å². The van der Waals surface area contributed by atoms with Crippen LogP contribution in [-0.4, -0.2) is 32.2 Å². The number of benzene rings is 1. The highest BCUT2D eigenvalue weighted by Gasteiger charge is 2.53. The average Bonchev–Trinajstić information content (AvgIpc) is 3.08. The number of ether oxygens (including phenoxy) is 2. The molecule has 3 nitrogen and oxygen atoms in total. The molecule has 0 spiro atoms. The SMILES string of the molecule is COc1cc(C2(CO)CC2C)c(OC)cc1SC. The molecule has 0 saturated heterocycles. The van der Waals surface area contributed by atoms with Gasteiger partial charge < -0.3 is 14.6 Å². The van der Waals surface area contributed by atoms with E-state index >= 15 is 0 Å². The van der Waals surface area contributed by atoms with E-state index in [0.717, 1.165) is 28.4 Å². The van der Waals surface area contributed by atoms with Crippen LogP contribution in [0.3, 0.4) is 0 Å². The standard InChI is InChI=1S/C14H20O3S/c1-9-7-14(9,8-15)10-5-12(17-3)13(18-4)6-11(10)16-2/h5-6,9,15H,7-8H2,1-4H3. The van der Waals surface area contributed by atoms with Gasteiger partial charge in [0.05, 0.1) is 25.7 Å². The van der Waals surface area contributed by atoms with Gasteiger partial charge in [-0.25, -0.2) is 0 Å². The van der Waals surface area contributed by atoms with Crippen molar-refractivity contribution in [2.45, 2.75) is 23.7 Å². The molecule has 0 bridgehead atoms. The van der Waals surface area contributed by atoms with Crippen molar-refractivity contribution in [2.24, 2.45) is 5.92 Å². The summed E-state index contributed by atoms with van der Waals surface area (Å²) in [5, 5.41) is 9.69. The molecule has 2 atom stereocenters. The highest BCUT2D eigenvalue weighted by Crippen LogP contribution is 2.57. The fourth-order valence-corrected chi connectivity index (χ4v) is 3.16. The minimum atomic E-state index is -0.143. The fourth-order valence-electron chi connectivity index (χ4n) is 2.59. The molecule has 0 aliphatic heterocycles. The van der Waals surface area contributed by atoms with E-state index in [0.29, 0.717) is 5.92 Å². The molecule has 1 aliphatic rings. The summed E-state index contributed by atoms with van der Waals surface area (Å²) < 4.78 is 10.9. The van der Waals surface area contributed by atoms with E-state index in [4.69, 9.17) is 9.47 Å². The Balaban J connectivity index is 2.53. The molecule has 1 saturated carbocycles. The van der Waals surface area contributed by atoms with Gasteiger partial charge >= 0.3 is 0 Å². The molecule has 0 amide bonds. The van der Waals surface area contributed by atoms with Crippen molar-refractivity contribution < 1.29 is 14.6 Å². The van der Waals surface area contributed by atoms with E-state index in [-0.39, 0.29) is 12.0 Å². The predicted octanol–water partition coefficient (Wildman–Crippen LogP) is 2.70. The normalized spacial score (nSPS) is 25.9. The lowest BCUT2D eigenvalue weighted by molar-refractivity contribution is 0.243. The molecule has 1 N–H and O–H groups in total. The zero-order valence-electron chi connectivity index (χ0n) is 11.3. The van der Waals surface area contributed by atoms with Gasteiger partial charge in [0.25, 0.3) is 0 Å². The van der Waals surface area contributed by atoms with Gasteiger partial charge in [-0.3, -0.25) is 0 Å². The quantitative estimate of drug-likeness (QED) is 0.833. The van der Waals surface area contributed by atoms with Crippen molar-refractivity contribution >= 4 is 11.8 Å². The number of hydrogen-bond donors (Lipinski definition) is 1. The van der Waals surface area contributed by atoms with Crippen molar-refractivity contribution in [3.05, 3.63) is 17.7 Å². The molecular formula is C14H20O3S. The molecule has 0 heterocycles. The van der Waals surface area contributed by atoms with E-state index in [9.17, 15) is 5.11 Å². The van der Waals surface area contributed by atoms with Crippen LogP contribution in [0.4, 0.5) is 0 Å². The van der Waals surface area contributed by atoms with Crippen molar-refractivity contribution in [1.82, 2.24) is 0 Å². The molecule has 1 aromatic carbocycles. The Kier molecular flexibility index (Phi) is 3.78. The maximum Gasteiger partial charge on any atom is 0.132 e. The van der Waals surface area contributed by atoms with Gasteiger partial charge in [0, 0.05) is 11.0 Å². The minimum absolute atomic E-state index is 0.143. The number of aliphatic hydroxyl groups excluding tert-OH is 1. The highest BCUT2D eigenvalue weighted by molar-refractivity contribution is 7.98. The zero-order chi connectivity index (χ0) is 13.3. The van der Waals surface area contributed by atoms with Crippen LogP contribution in [0.25, 0.3) is 0 Å². The third-order valence-corrected chi connectivity index (χ3v) is 4.74. The van der Waals surface area contributed by atoms with Crippen LogP contribution in [0.5, 0.6) is 11.5 Å². The molecule has 100 valence electrons. The van der Waals surface area contributed by atoms with E-state index < -0.39 is 0 Å². The summed E-state index contributed by atoms with van der Waals surface area (Å²) in [6, 6.07) is 4.02. The predicted molar refractivity (Wildman–Crippen MR) is 73.9 cm³/mol. The maximum absolute atomic E-state index is 9.69. The second kappa shape index (κ2) is 5.02. The molecule has 1 aromatic rings. The summed E-state index contributed by atoms with van der Waals surface area (Å²) in [6.07, 6.45) is 3.01. The van der Waals surface area contributed by atoms with Crippen LogP contribution in [0.1, 0.15) is 18.9 Å². The Labute approximate surface area is 112 Å². The van der Waals surface area contributed by atoms with Crippen molar-refractivity contribution in [3.63, 3.8) is 0 Å². The molecule has 4 heteroatoms. The summed E-state index contributed by atoms with van der Waals surface area (Å²) in [5.74, 6) is 2.19. The first-order valence-electron chi connectivity index (χ1n) is 6.04. The first-order valence-corrected chi connectivity index (χ1v) is 7.26. The van der Waals surface area contributed by atoms with Crippen molar-refractivity contribution in [3.8, 4) is 11.5 Å². The van der Waals surface area contributed by atoms with Gasteiger partial charge in [-0.1, -0.05) is 6.92 Å². The lowest BCUT2D eigenvalue weighted by atomic mass is 9.93. The van der Waals surface area contributed by atoms with Gasteiger partial charge in [-0.15, -0.1) is 11.8 Å². The van der Waals surface area contributed by atoms with E-state index in [1.807, 2.05) is 18.4 Å². The first-order chi connectivity index (χ1) is 8.62. The van der Waals surface area contributed by atoms with Gasteiger partial charge in [0.15, 0.2) is 0 Å². The molecule has 1 fully saturated rings. The summed E-state index contributed by atoms with van der Waals surface area (Å²) in [6.45, 7) is 2.32. The Morgan fingerprint density at radius 2 is 1.94 bits per heavy atom. The van der Waals surface area contributed by atoms with Gasteiger partial charge in [0.1, 0.15) is 11.5 Å². The number of thioether (sulfide) groups is 1. The summed E-state index contributed by atoms with van der Waals surface area (Å²) in [4.78, 5) is 1.06. The van der Waals surface area contributed by atoms with Gasteiger partial charge in [-0.2, -0.15) is 0 Å². The van der Waals surface area contributed by atoms with Crippen LogP contribution >= 0.6 is 11.8 Å². The minimum Gasteiger partial charge on any atom is -0.496 e. The van der Waals surface area contributed by atoms with Crippen LogP contribution in [0.2, 0.25) is 0 Å². The summed E-state index contributed by atoms with van der Waals surface area (Å²) in [5.41, 5.74) is 0.921. The topological polar surface area (TPSA) is 38.7 Å². The average molecular weight is 268 g/mol. The first kappa shape index (κ1) is 13.6. The van der Waals surface area contributed by atoms with Crippen LogP contribution in [0.15, 0.2) is 17.0 Å². The molecule has 18 heavy (non-hydrogen) atoms. The second-order valence-electron chi connectivity index (χ2n) is 4.83. The molecule has 0 aromatic heterocycles. The molecule has 1 aliphatic carbocycles. The van der Waals surface area contributed by atoms with Crippen molar-refractivity contribution in [2.75, 3.05) is 27.1 Å². The number of hydrogen-bond acceptors (Lipinski definition) is 4. The molecule has 2 rings (SSSR count). The van der Waals surface area contributed by atoms with Crippen LogP contribution < -0.4 is 9.47 Å². The van der Waals surface area contributed by atoms with Crippen LogP contribution in [-0.2, 0) is 5.41 Å². The largest absolute Gasteiger partial charge is 0.496 e. The van der Waals surface area contributed by atoms with Gasteiger partial charge in [-0.05, 0) is 30.7 Å². The lowest BCUT2D eigenvalue weighted by Crippen LogP contribution is -2.16.